The second-order valence-electron chi connectivity index (χ2n) is 4.28. The van der Waals surface area contributed by atoms with Gasteiger partial charge >= 0.3 is 0 Å². The van der Waals surface area contributed by atoms with Gasteiger partial charge in [0.2, 0.25) is 0 Å². The van der Waals surface area contributed by atoms with Gasteiger partial charge in [0, 0.05) is 21.4 Å². The van der Waals surface area contributed by atoms with Crippen LogP contribution in [0.1, 0.15) is 6.92 Å². The maximum atomic E-state index is 5.96. The number of nitrogen functional groups attached to an aromatic ring is 1. The molecular formula is C16H18ClNO2S. The fourth-order valence-electron chi connectivity index (χ4n) is 1.74. The van der Waals surface area contributed by atoms with Crippen LogP contribution in [0.4, 0.5) is 5.69 Å². The second kappa shape index (κ2) is 8.05. The van der Waals surface area contributed by atoms with Crippen molar-refractivity contribution in [1.29, 1.82) is 0 Å². The molecule has 112 valence electrons. The largest absolute Gasteiger partial charge is 0.494 e. The number of rotatable bonds is 7. The van der Waals surface area contributed by atoms with Crippen LogP contribution in [0.15, 0.2) is 47.4 Å². The fraction of sp³-hybridized carbons (Fsp3) is 0.250. The molecule has 0 radical (unpaired) electrons. The highest BCUT2D eigenvalue weighted by molar-refractivity contribution is 7.99. The van der Waals surface area contributed by atoms with Crippen molar-refractivity contribution in [2.45, 2.75) is 11.8 Å². The number of hydrogen-bond acceptors (Lipinski definition) is 4. The number of hydrogen-bond donors (Lipinski definition) is 1. The predicted octanol–water partition coefficient (Wildman–Crippen LogP) is 4.49. The van der Waals surface area contributed by atoms with Crippen molar-refractivity contribution in [2.75, 3.05) is 24.7 Å². The average molecular weight is 324 g/mol. The Morgan fingerprint density at radius 2 is 1.76 bits per heavy atom. The van der Waals surface area contributed by atoms with Gasteiger partial charge in [-0.05, 0) is 49.4 Å². The van der Waals surface area contributed by atoms with Crippen LogP contribution in [0.2, 0.25) is 5.02 Å². The lowest BCUT2D eigenvalue weighted by Crippen LogP contribution is -2.01. The van der Waals surface area contributed by atoms with Crippen molar-refractivity contribution in [3.8, 4) is 11.5 Å². The molecule has 0 atom stereocenters. The Labute approximate surface area is 134 Å². The zero-order chi connectivity index (χ0) is 15.1. The summed E-state index contributed by atoms with van der Waals surface area (Å²) >= 11 is 7.48. The van der Waals surface area contributed by atoms with Crippen molar-refractivity contribution >= 4 is 29.1 Å². The molecule has 0 bridgehead atoms. The number of benzene rings is 2. The number of halogens is 1. The SMILES string of the molecule is CCOc1ccc(N)c(SCCOc2ccc(Cl)cc2)c1. The summed E-state index contributed by atoms with van der Waals surface area (Å²) in [6.07, 6.45) is 0. The molecule has 2 aromatic carbocycles. The van der Waals surface area contributed by atoms with Gasteiger partial charge < -0.3 is 15.2 Å². The molecule has 0 fully saturated rings. The molecule has 0 amide bonds. The Morgan fingerprint density at radius 3 is 2.48 bits per heavy atom. The Hall–Kier alpha value is -1.52. The molecule has 0 aliphatic rings. The quantitative estimate of drug-likeness (QED) is 0.463. The zero-order valence-electron chi connectivity index (χ0n) is 11.8. The van der Waals surface area contributed by atoms with Gasteiger partial charge in [-0.25, -0.2) is 0 Å². The van der Waals surface area contributed by atoms with Crippen molar-refractivity contribution in [3.05, 3.63) is 47.5 Å². The summed E-state index contributed by atoms with van der Waals surface area (Å²) in [7, 11) is 0. The van der Waals surface area contributed by atoms with E-state index in [2.05, 4.69) is 0 Å². The van der Waals surface area contributed by atoms with E-state index in [4.69, 9.17) is 26.8 Å². The summed E-state index contributed by atoms with van der Waals surface area (Å²) in [5, 5.41) is 0.706. The molecule has 0 heterocycles. The number of ether oxygens (including phenoxy) is 2. The van der Waals surface area contributed by atoms with Gasteiger partial charge in [-0.2, -0.15) is 0 Å². The van der Waals surface area contributed by atoms with Crippen molar-refractivity contribution in [1.82, 2.24) is 0 Å². The molecule has 0 saturated heterocycles. The molecule has 0 aromatic heterocycles. The van der Waals surface area contributed by atoms with Crippen LogP contribution in [0.25, 0.3) is 0 Å². The van der Waals surface area contributed by atoms with E-state index in [1.165, 1.54) is 0 Å². The van der Waals surface area contributed by atoms with Crippen molar-refractivity contribution < 1.29 is 9.47 Å². The fourth-order valence-corrected chi connectivity index (χ4v) is 2.68. The first-order valence-corrected chi connectivity index (χ1v) is 8.09. The smallest absolute Gasteiger partial charge is 0.120 e. The minimum Gasteiger partial charge on any atom is -0.494 e. The van der Waals surface area contributed by atoms with Gasteiger partial charge in [-0.15, -0.1) is 11.8 Å². The number of thioether (sulfide) groups is 1. The summed E-state index contributed by atoms with van der Waals surface area (Å²) in [5.41, 5.74) is 6.72. The van der Waals surface area contributed by atoms with Gasteiger partial charge in [0.1, 0.15) is 11.5 Å². The van der Waals surface area contributed by atoms with Gasteiger partial charge in [0.25, 0.3) is 0 Å². The third-order valence-electron chi connectivity index (χ3n) is 2.72. The predicted molar refractivity (Wildman–Crippen MR) is 89.7 cm³/mol. The highest BCUT2D eigenvalue weighted by Crippen LogP contribution is 2.29. The van der Waals surface area contributed by atoms with Crippen molar-refractivity contribution in [2.24, 2.45) is 0 Å². The third-order valence-corrected chi connectivity index (χ3v) is 4.01. The Morgan fingerprint density at radius 1 is 1.05 bits per heavy atom. The zero-order valence-corrected chi connectivity index (χ0v) is 13.4. The molecule has 21 heavy (non-hydrogen) atoms. The van der Waals surface area contributed by atoms with Crippen LogP contribution >= 0.6 is 23.4 Å². The van der Waals surface area contributed by atoms with E-state index in [0.717, 1.165) is 27.8 Å². The lowest BCUT2D eigenvalue weighted by Gasteiger charge is -2.10. The van der Waals surface area contributed by atoms with Crippen LogP contribution in [-0.2, 0) is 0 Å². The van der Waals surface area contributed by atoms with Gasteiger partial charge in [-0.3, -0.25) is 0 Å². The minimum atomic E-state index is 0.602. The molecule has 0 unspecified atom stereocenters. The summed E-state index contributed by atoms with van der Waals surface area (Å²) in [5.74, 6) is 2.46. The molecule has 5 heteroatoms. The Balaban J connectivity index is 1.82. The first-order valence-electron chi connectivity index (χ1n) is 6.72. The van der Waals surface area contributed by atoms with Gasteiger partial charge in [-0.1, -0.05) is 11.6 Å². The molecule has 0 saturated carbocycles. The molecule has 2 aromatic rings. The summed E-state index contributed by atoms with van der Waals surface area (Å²) in [6, 6.07) is 13.1. The Kier molecular flexibility index (Phi) is 6.08. The third kappa shape index (κ3) is 5.06. The van der Waals surface area contributed by atoms with E-state index < -0.39 is 0 Å². The van der Waals surface area contributed by atoms with Gasteiger partial charge in [0.15, 0.2) is 0 Å². The van der Waals surface area contributed by atoms with E-state index in [1.807, 2.05) is 49.4 Å². The van der Waals surface area contributed by atoms with Crippen LogP contribution in [-0.4, -0.2) is 19.0 Å². The van der Waals surface area contributed by atoms with E-state index in [9.17, 15) is 0 Å². The van der Waals surface area contributed by atoms with Gasteiger partial charge in [0.05, 0.1) is 13.2 Å². The molecule has 0 spiro atoms. The van der Waals surface area contributed by atoms with E-state index in [1.54, 1.807) is 11.8 Å². The number of anilines is 1. The average Bonchev–Trinajstić information content (AvgIpc) is 2.49. The van der Waals surface area contributed by atoms with E-state index in [0.29, 0.717) is 18.2 Å². The summed E-state index contributed by atoms with van der Waals surface area (Å²) in [4.78, 5) is 1.01. The minimum absolute atomic E-state index is 0.602. The lowest BCUT2D eigenvalue weighted by atomic mass is 10.3. The summed E-state index contributed by atoms with van der Waals surface area (Å²) < 4.78 is 11.1. The molecule has 0 aliphatic carbocycles. The monoisotopic (exact) mass is 323 g/mol. The topological polar surface area (TPSA) is 44.5 Å². The summed E-state index contributed by atoms with van der Waals surface area (Å²) in [6.45, 7) is 3.21. The van der Waals surface area contributed by atoms with Crippen LogP contribution in [0.5, 0.6) is 11.5 Å². The normalized spacial score (nSPS) is 10.4. The van der Waals surface area contributed by atoms with Crippen molar-refractivity contribution in [3.63, 3.8) is 0 Å². The van der Waals surface area contributed by atoms with Crippen LogP contribution in [0, 0.1) is 0 Å². The first kappa shape index (κ1) is 15.9. The lowest BCUT2D eigenvalue weighted by molar-refractivity contribution is 0.339. The highest BCUT2D eigenvalue weighted by atomic mass is 35.5. The van der Waals surface area contributed by atoms with Crippen LogP contribution in [0.3, 0.4) is 0 Å². The number of nitrogens with two attached hydrogens (primary N) is 1. The Bertz CT molecular complexity index is 575. The molecular weight excluding hydrogens is 306 g/mol. The first-order chi connectivity index (χ1) is 10.2. The maximum Gasteiger partial charge on any atom is 0.120 e. The van der Waals surface area contributed by atoms with Crippen LogP contribution < -0.4 is 15.2 Å². The maximum absolute atomic E-state index is 5.96. The standard InChI is InChI=1S/C16H18ClNO2S/c1-2-19-14-7-8-15(18)16(11-14)21-10-9-20-13-5-3-12(17)4-6-13/h3-8,11H,2,9-10,18H2,1H3. The highest BCUT2D eigenvalue weighted by Gasteiger charge is 2.03. The van der Waals surface area contributed by atoms with E-state index in [-0.39, 0.29) is 0 Å². The molecule has 2 N–H and O–H groups in total. The molecule has 0 aliphatic heterocycles. The molecule has 3 nitrogen and oxygen atoms in total. The molecule has 2 rings (SSSR count). The van der Waals surface area contributed by atoms with E-state index >= 15 is 0 Å². The second-order valence-corrected chi connectivity index (χ2v) is 5.86.